The molecule has 2 amide bonds. The maximum absolute atomic E-state index is 14.1. The zero-order valence-electron chi connectivity index (χ0n) is 19.7. The Bertz CT molecular complexity index is 1000. The lowest BCUT2D eigenvalue weighted by Crippen LogP contribution is -2.54. The summed E-state index contributed by atoms with van der Waals surface area (Å²) < 4.78 is 14.1. The van der Waals surface area contributed by atoms with Gasteiger partial charge >= 0.3 is 0 Å². The Balaban J connectivity index is 1.42. The number of para-hydroxylation sites is 1. The second-order valence-electron chi connectivity index (χ2n) is 11.2. The molecular weight excluding hydrogens is 403 g/mol. The number of nitrogens with zero attached hydrogens (tertiary/aromatic N) is 1. The summed E-state index contributed by atoms with van der Waals surface area (Å²) in [5, 5.41) is 2.89. The van der Waals surface area contributed by atoms with Crippen molar-refractivity contribution in [3.63, 3.8) is 0 Å². The Hall–Kier alpha value is -2.17. The highest BCUT2D eigenvalue weighted by Crippen LogP contribution is 2.66. The van der Waals surface area contributed by atoms with E-state index in [4.69, 9.17) is 0 Å². The minimum Gasteiger partial charge on any atom is -0.323 e. The van der Waals surface area contributed by atoms with Gasteiger partial charge < -0.3 is 10.2 Å². The van der Waals surface area contributed by atoms with Crippen LogP contribution in [0.1, 0.15) is 65.7 Å². The number of benzene rings is 1. The number of rotatable bonds is 2. The number of anilines is 1. The van der Waals surface area contributed by atoms with Crippen LogP contribution in [0.15, 0.2) is 35.5 Å². The lowest BCUT2D eigenvalue weighted by atomic mass is 9.48. The van der Waals surface area contributed by atoms with Gasteiger partial charge in [0.1, 0.15) is 5.82 Å². The maximum atomic E-state index is 14.1. The van der Waals surface area contributed by atoms with Crippen molar-refractivity contribution in [1.82, 2.24) is 4.90 Å². The van der Waals surface area contributed by atoms with Gasteiger partial charge in [-0.2, -0.15) is 0 Å². The van der Waals surface area contributed by atoms with Gasteiger partial charge in [-0.1, -0.05) is 31.6 Å². The van der Waals surface area contributed by atoms with E-state index in [0.717, 1.165) is 38.5 Å². The fourth-order valence-corrected chi connectivity index (χ4v) is 8.32. The molecule has 1 saturated heterocycles. The van der Waals surface area contributed by atoms with Gasteiger partial charge in [0.05, 0.1) is 5.69 Å². The number of carbonyl (C=O) groups is 2. The van der Waals surface area contributed by atoms with Crippen molar-refractivity contribution >= 4 is 17.5 Å². The van der Waals surface area contributed by atoms with E-state index in [2.05, 4.69) is 26.1 Å². The van der Waals surface area contributed by atoms with Crippen LogP contribution in [-0.2, 0) is 9.59 Å². The Labute approximate surface area is 190 Å². The Morgan fingerprint density at radius 1 is 1.12 bits per heavy atom. The number of halogens is 1. The second kappa shape index (κ2) is 7.43. The largest absolute Gasteiger partial charge is 0.323 e. The van der Waals surface area contributed by atoms with Gasteiger partial charge in [0, 0.05) is 30.5 Å². The lowest BCUT2D eigenvalue weighted by Gasteiger charge is -2.59. The summed E-state index contributed by atoms with van der Waals surface area (Å²) in [7, 11) is 1.95. The van der Waals surface area contributed by atoms with Crippen LogP contribution in [0.2, 0.25) is 0 Å². The van der Waals surface area contributed by atoms with E-state index < -0.39 is 0 Å². The Morgan fingerprint density at radius 3 is 2.62 bits per heavy atom. The molecule has 1 heterocycles. The number of likely N-dealkylation sites (tertiary alicyclic amines) is 1. The second-order valence-corrected chi connectivity index (χ2v) is 11.2. The first-order valence-corrected chi connectivity index (χ1v) is 12.2. The van der Waals surface area contributed by atoms with Gasteiger partial charge in [-0.15, -0.1) is 0 Å². The maximum Gasteiger partial charge on any atom is 0.228 e. The molecule has 1 N–H and O–H groups in total. The number of nitrogens with one attached hydrogen (secondary N) is 1. The topological polar surface area (TPSA) is 49.4 Å². The van der Waals surface area contributed by atoms with Gasteiger partial charge in [-0.25, -0.2) is 4.39 Å². The fourth-order valence-electron chi connectivity index (χ4n) is 8.32. The molecule has 6 atom stereocenters. The molecule has 3 fully saturated rings. The minimum atomic E-state index is -0.381. The highest BCUT2D eigenvalue weighted by molar-refractivity contribution is 5.93. The Kier molecular flexibility index (Phi) is 5.03. The Morgan fingerprint density at radius 2 is 1.88 bits per heavy atom. The zero-order valence-corrected chi connectivity index (χ0v) is 19.7. The molecule has 0 radical (unpaired) electrons. The van der Waals surface area contributed by atoms with Gasteiger partial charge in [0.25, 0.3) is 0 Å². The molecule has 1 aromatic carbocycles. The summed E-state index contributed by atoms with van der Waals surface area (Å²) in [5.74, 6) is 1.35. The highest BCUT2D eigenvalue weighted by atomic mass is 19.1. The van der Waals surface area contributed by atoms with Crippen LogP contribution in [0.5, 0.6) is 0 Å². The van der Waals surface area contributed by atoms with Gasteiger partial charge in [-0.3, -0.25) is 9.59 Å². The molecule has 2 saturated carbocycles. The molecule has 1 aliphatic heterocycles. The number of hydrogen-bond donors (Lipinski definition) is 1. The van der Waals surface area contributed by atoms with E-state index in [-0.39, 0.29) is 40.1 Å². The smallest absolute Gasteiger partial charge is 0.228 e. The molecule has 0 aromatic heterocycles. The third-order valence-electron chi connectivity index (χ3n) is 9.76. The van der Waals surface area contributed by atoms with Crippen LogP contribution in [0.25, 0.3) is 0 Å². The van der Waals surface area contributed by atoms with Crippen LogP contribution >= 0.6 is 0 Å². The predicted octanol–water partition coefficient (Wildman–Crippen LogP) is 5.76. The summed E-state index contributed by atoms with van der Waals surface area (Å²) in [5.41, 5.74) is 2.89. The van der Waals surface area contributed by atoms with E-state index in [1.54, 1.807) is 18.2 Å². The van der Waals surface area contributed by atoms with Gasteiger partial charge in [-0.05, 0) is 80.8 Å². The lowest BCUT2D eigenvalue weighted by molar-refractivity contribution is -0.137. The quantitative estimate of drug-likeness (QED) is 0.638. The number of allylic oxidation sites excluding steroid dienone is 2. The van der Waals surface area contributed by atoms with E-state index >= 15 is 0 Å². The molecule has 172 valence electrons. The van der Waals surface area contributed by atoms with Crippen LogP contribution in [0, 0.1) is 40.3 Å². The number of hydrogen-bond acceptors (Lipinski definition) is 2. The molecule has 0 bridgehead atoms. The average Bonchev–Trinajstić information content (AvgIpc) is 3.10. The van der Waals surface area contributed by atoms with Crippen LogP contribution in [-0.4, -0.2) is 23.8 Å². The summed E-state index contributed by atoms with van der Waals surface area (Å²) in [6.07, 6.45) is 6.63. The molecule has 1 aromatic rings. The molecule has 0 spiro atoms. The monoisotopic (exact) mass is 438 g/mol. The fraction of sp³-hybridized carbons (Fsp3) is 0.630. The number of piperidine rings is 1. The molecule has 3 aliphatic carbocycles. The van der Waals surface area contributed by atoms with Crippen molar-refractivity contribution < 1.29 is 14.0 Å². The van der Waals surface area contributed by atoms with Crippen LogP contribution in [0.4, 0.5) is 10.1 Å². The first kappa shape index (κ1) is 21.7. The van der Waals surface area contributed by atoms with Gasteiger partial charge in [0.15, 0.2) is 0 Å². The third kappa shape index (κ3) is 2.99. The number of amides is 2. The van der Waals surface area contributed by atoms with E-state index in [1.807, 2.05) is 11.9 Å². The van der Waals surface area contributed by atoms with E-state index in [0.29, 0.717) is 24.2 Å². The van der Waals surface area contributed by atoms with Crippen LogP contribution < -0.4 is 5.32 Å². The van der Waals surface area contributed by atoms with Crippen molar-refractivity contribution in [2.45, 2.75) is 65.7 Å². The molecule has 5 heteroatoms. The first-order valence-electron chi connectivity index (χ1n) is 12.2. The standard InChI is InChI=1S/C27H35FN2O2/c1-16-15-17-18-9-10-20(25(32)29-22-8-6-5-7-21(22)28)26(18,2)13-11-19(17)27(3)14-12-23(31)30(4)24(16)27/h5-8,17-20H,9-15H2,1-4H3,(H,29,32)/t17?,18-,19?,20+,26-,27+/m0/s1. The SMILES string of the molecule is CC1=C2N(C)C(=O)CC[C@]2(C)C2CC[C@]3(C)[C@@H](C(=O)Nc4ccccc4F)CC[C@H]3C2C1. The molecule has 2 unspecified atom stereocenters. The van der Waals surface area contributed by atoms with Crippen molar-refractivity contribution in [1.29, 1.82) is 0 Å². The van der Waals surface area contributed by atoms with Crippen molar-refractivity contribution in [2.75, 3.05) is 12.4 Å². The number of carbonyl (C=O) groups excluding carboxylic acids is 2. The normalized spacial score (nSPS) is 38.8. The van der Waals surface area contributed by atoms with E-state index in [1.165, 1.54) is 17.3 Å². The number of fused-ring (bicyclic) bond motifs is 5. The van der Waals surface area contributed by atoms with Gasteiger partial charge in [0.2, 0.25) is 11.8 Å². The van der Waals surface area contributed by atoms with Crippen LogP contribution in [0.3, 0.4) is 0 Å². The first-order chi connectivity index (χ1) is 15.2. The summed E-state index contributed by atoms with van der Waals surface area (Å²) >= 11 is 0. The predicted molar refractivity (Wildman–Crippen MR) is 123 cm³/mol. The minimum absolute atomic E-state index is 0.0310. The summed E-state index contributed by atoms with van der Waals surface area (Å²) in [4.78, 5) is 27.7. The molecule has 32 heavy (non-hydrogen) atoms. The molecular formula is C27H35FN2O2. The molecule has 4 nitrogen and oxygen atoms in total. The zero-order chi connectivity index (χ0) is 22.8. The van der Waals surface area contributed by atoms with E-state index in [9.17, 15) is 14.0 Å². The van der Waals surface area contributed by atoms with Crippen molar-refractivity contribution in [3.8, 4) is 0 Å². The third-order valence-corrected chi connectivity index (χ3v) is 9.76. The molecule has 4 aliphatic rings. The molecule has 5 rings (SSSR count). The van der Waals surface area contributed by atoms with Crippen molar-refractivity contribution in [3.05, 3.63) is 41.4 Å². The summed E-state index contributed by atoms with van der Waals surface area (Å²) in [6.45, 7) is 6.90. The van der Waals surface area contributed by atoms with Crippen molar-refractivity contribution in [2.24, 2.45) is 34.5 Å². The highest BCUT2D eigenvalue weighted by Gasteiger charge is 2.61. The average molecular weight is 439 g/mol. The summed E-state index contributed by atoms with van der Waals surface area (Å²) in [6, 6.07) is 6.42.